The molecule has 94 valence electrons. The minimum atomic E-state index is 0.0772. The zero-order valence-electron chi connectivity index (χ0n) is 11.2. The summed E-state index contributed by atoms with van der Waals surface area (Å²) >= 11 is 1.47. The first-order valence-electron chi connectivity index (χ1n) is 6.07. The van der Waals surface area contributed by atoms with Crippen molar-refractivity contribution in [1.82, 2.24) is 4.98 Å². The van der Waals surface area contributed by atoms with Gasteiger partial charge in [-0.1, -0.05) is 38.1 Å². The smallest absolute Gasteiger partial charge is 0.204 e. The summed E-state index contributed by atoms with van der Waals surface area (Å²) in [6.45, 7) is 8.11. The van der Waals surface area contributed by atoms with Crippen LogP contribution in [-0.2, 0) is 0 Å². The maximum atomic E-state index is 12.3. The van der Waals surface area contributed by atoms with E-state index in [0.717, 1.165) is 21.1 Å². The van der Waals surface area contributed by atoms with Gasteiger partial charge in [0, 0.05) is 5.56 Å². The first-order valence-corrected chi connectivity index (χ1v) is 6.89. The van der Waals surface area contributed by atoms with Gasteiger partial charge in [0.05, 0.1) is 15.6 Å². The standard InChI is InChI=1S/C15H17NOS/c1-9(2)12-5-7-13(8-6-12)14(17)15-10(3)16-11(4)18-15/h5-9H,1-4H3. The third-order valence-electron chi connectivity index (χ3n) is 2.95. The lowest BCUT2D eigenvalue weighted by Gasteiger charge is -2.05. The fourth-order valence-corrected chi connectivity index (χ4v) is 2.77. The Bertz CT molecular complexity index is 567. The fraction of sp³-hybridized carbons (Fsp3) is 0.333. The Hall–Kier alpha value is -1.48. The number of aromatic nitrogens is 1. The van der Waals surface area contributed by atoms with E-state index in [0.29, 0.717) is 5.92 Å². The Morgan fingerprint density at radius 3 is 2.22 bits per heavy atom. The van der Waals surface area contributed by atoms with Crippen LogP contribution in [0.3, 0.4) is 0 Å². The lowest BCUT2D eigenvalue weighted by atomic mass is 10.00. The summed E-state index contributed by atoms with van der Waals surface area (Å²) in [5.41, 5.74) is 2.82. The molecule has 1 aromatic heterocycles. The van der Waals surface area contributed by atoms with Crippen LogP contribution in [0.4, 0.5) is 0 Å². The van der Waals surface area contributed by atoms with Gasteiger partial charge in [-0.05, 0) is 25.3 Å². The highest BCUT2D eigenvalue weighted by Crippen LogP contribution is 2.22. The van der Waals surface area contributed by atoms with Crippen molar-refractivity contribution in [2.45, 2.75) is 33.6 Å². The van der Waals surface area contributed by atoms with Crippen LogP contribution in [0.15, 0.2) is 24.3 Å². The summed E-state index contributed by atoms with van der Waals surface area (Å²) in [7, 11) is 0. The molecular weight excluding hydrogens is 242 g/mol. The van der Waals surface area contributed by atoms with Gasteiger partial charge < -0.3 is 0 Å². The maximum absolute atomic E-state index is 12.3. The maximum Gasteiger partial charge on any atom is 0.204 e. The molecule has 0 saturated heterocycles. The second-order valence-corrected chi connectivity index (χ2v) is 5.96. The molecule has 0 aliphatic rings. The minimum Gasteiger partial charge on any atom is -0.288 e. The van der Waals surface area contributed by atoms with Gasteiger partial charge in [-0.25, -0.2) is 4.98 Å². The molecule has 0 atom stereocenters. The predicted octanol–water partition coefficient (Wildman–Crippen LogP) is 4.11. The summed E-state index contributed by atoms with van der Waals surface area (Å²) in [6, 6.07) is 7.88. The quantitative estimate of drug-likeness (QED) is 0.776. The Kier molecular flexibility index (Phi) is 3.62. The summed E-state index contributed by atoms with van der Waals surface area (Å²) in [6.07, 6.45) is 0. The first kappa shape index (κ1) is 13.0. The number of carbonyl (C=O) groups excluding carboxylic acids is 1. The van der Waals surface area contributed by atoms with Gasteiger partial charge in [0.2, 0.25) is 5.78 Å². The molecule has 2 nitrogen and oxygen atoms in total. The largest absolute Gasteiger partial charge is 0.288 e. The molecule has 2 rings (SSSR count). The number of carbonyl (C=O) groups is 1. The van der Waals surface area contributed by atoms with E-state index in [1.807, 2.05) is 38.1 Å². The van der Waals surface area contributed by atoms with Crippen LogP contribution < -0.4 is 0 Å². The molecule has 18 heavy (non-hydrogen) atoms. The van der Waals surface area contributed by atoms with Crippen molar-refractivity contribution >= 4 is 17.1 Å². The lowest BCUT2D eigenvalue weighted by molar-refractivity contribution is 0.104. The molecule has 0 bridgehead atoms. The van der Waals surface area contributed by atoms with Crippen molar-refractivity contribution in [3.63, 3.8) is 0 Å². The molecule has 0 saturated carbocycles. The van der Waals surface area contributed by atoms with Gasteiger partial charge in [0.15, 0.2) is 0 Å². The van der Waals surface area contributed by atoms with E-state index in [1.165, 1.54) is 16.9 Å². The Morgan fingerprint density at radius 1 is 1.17 bits per heavy atom. The minimum absolute atomic E-state index is 0.0772. The summed E-state index contributed by atoms with van der Waals surface area (Å²) in [5, 5.41) is 0.939. The molecule has 0 N–H and O–H groups in total. The molecule has 0 radical (unpaired) electrons. The number of nitrogens with zero attached hydrogens (tertiary/aromatic N) is 1. The molecule has 0 spiro atoms. The number of aryl methyl sites for hydroxylation is 2. The third kappa shape index (κ3) is 2.51. The van der Waals surface area contributed by atoms with Crippen molar-refractivity contribution < 1.29 is 4.79 Å². The van der Waals surface area contributed by atoms with Crippen molar-refractivity contribution in [3.8, 4) is 0 Å². The van der Waals surface area contributed by atoms with Gasteiger partial charge in [0.25, 0.3) is 0 Å². The SMILES string of the molecule is Cc1nc(C)c(C(=O)c2ccc(C(C)C)cc2)s1. The molecule has 0 unspecified atom stereocenters. The number of benzene rings is 1. The van der Waals surface area contributed by atoms with Crippen LogP contribution >= 0.6 is 11.3 Å². The second kappa shape index (κ2) is 5.02. The van der Waals surface area contributed by atoms with Crippen LogP contribution in [0.5, 0.6) is 0 Å². The predicted molar refractivity (Wildman–Crippen MR) is 75.6 cm³/mol. The highest BCUT2D eigenvalue weighted by molar-refractivity contribution is 7.14. The third-order valence-corrected chi connectivity index (χ3v) is 4.02. The molecule has 0 fully saturated rings. The Balaban J connectivity index is 2.32. The molecule has 0 aliphatic heterocycles. The Labute approximate surface area is 112 Å². The average molecular weight is 259 g/mol. The van der Waals surface area contributed by atoms with Gasteiger partial charge in [-0.2, -0.15) is 0 Å². The van der Waals surface area contributed by atoms with E-state index in [2.05, 4.69) is 18.8 Å². The number of rotatable bonds is 3. The van der Waals surface area contributed by atoms with E-state index in [4.69, 9.17) is 0 Å². The molecule has 2 aromatic rings. The van der Waals surface area contributed by atoms with Crippen LogP contribution in [-0.4, -0.2) is 10.8 Å². The monoisotopic (exact) mass is 259 g/mol. The topological polar surface area (TPSA) is 30.0 Å². The van der Waals surface area contributed by atoms with Crippen molar-refractivity contribution in [1.29, 1.82) is 0 Å². The Morgan fingerprint density at radius 2 is 1.78 bits per heavy atom. The molecule has 3 heteroatoms. The normalized spacial score (nSPS) is 10.9. The fourth-order valence-electron chi connectivity index (χ4n) is 1.89. The molecule has 1 aromatic carbocycles. The van der Waals surface area contributed by atoms with Crippen molar-refractivity contribution in [2.75, 3.05) is 0 Å². The van der Waals surface area contributed by atoms with Gasteiger partial charge in [-0.15, -0.1) is 11.3 Å². The number of hydrogen-bond donors (Lipinski definition) is 0. The van der Waals surface area contributed by atoms with E-state index >= 15 is 0 Å². The van der Waals surface area contributed by atoms with Crippen LogP contribution in [0.1, 0.15) is 51.3 Å². The first-order chi connectivity index (χ1) is 8.49. The summed E-state index contributed by atoms with van der Waals surface area (Å²) in [5.74, 6) is 0.565. The van der Waals surface area contributed by atoms with E-state index in [-0.39, 0.29) is 5.78 Å². The van der Waals surface area contributed by atoms with Gasteiger partial charge in [0.1, 0.15) is 0 Å². The van der Waals surface area contributed by atoms with E-state index < -0.39 is 0 Å². The van der Waals surface area contributed by atoms with Gasteiger partial charge >= 0.3 is 0 Å². The zero-order chi connectivity index (χ0) is 13.3. The highest BCUT2D eigenvalue weighted by atomic mass is 32.1. The highest BCUT2D eigenvalue weighted by Gasteiger charge is 2.15. The molecule has 1 heterocycles. The van der Waals surface area contributed by atoms with E-state index in [9.17, 15) is 4.79 Å². The molecule has 0 aliphatic carbocycles. The van der Waals surface area contributed by atoms with Crippen LogP contribution in [0, 0.1) is 13.8 Å². The van der Waals surface area contributed by atoms with Crippen molar-refractivity contribution in [3.05, 3.63) is 51.0 Å². The number of thiazole rings is 1. The number of hydrogen-bond acceptors (Lipinski definition) is 3. The lowest BCUT2D eigenvalue weighted by Crippen LogP contribution is -2.01. The van der Waals surface area contributed by atoms with E-state index in [1.54, 1.807) is 0 Å². The summed E-state index contributed by atoms with van der Waals surface area (Å²) < 4.78 is 0. The number of ketones is 1. The zero-order valence-corrected chi connectivity index (χ0v) is 12.0. The summed E-state index contributed by atoms with van der Waals surface area (Å²) in [4.78, 5) is 17.4. The van der Waals surface area contributed by atoms with Crippen LogP contribution in [0.2, 0.25) is 0 Å². The van der Waals surface area contributed by atoms with Crippen molar-refractivity contribution in [2.24, 2.45) is 0 Å². The second-order valence-electron chi connectivity index (χ2n) is 4.75. The van der Waals surface area contributed by atoms with Crippen LogP contribution in [0.25, 0.3) is 0 Å². The molecular formula is C15H17NOS. The van der Waals surface area contributed by atoms with Gasteiger partial charge in [-0.3, -0.25) is 4.79 Å². The molecule has 0 amide bonds. The average Bonchev–Trinajstić information content (AvgIpc) is 2.67.